The molecule has 1 heterocycles. The number of hydrogen-bond acceptors (Lipinski definition) is 4. The summed E-state index contributed by atoms with van der Waals surface area (Å²) in [5.74, 6) is 0.889. The van der Waals surface area contributed by atoms with E-state index in [0.717, 1.165) is 5.56 Å². The number of pyridine rings is 1. The predicted octanol–water partition coefficient (Wildman–Crippen LogP) is 1.73. The van der Waals surface area contributed by atoms with Crippen LogP contribution in [0.15, 0.2) is 12.4 Å². The fourth-order valence-electron chi connectivity index (χ4n) is 1.25. The number of methoxy groups -OCH3 is 2. The lowest BCUT2D eigenvalue weighted by Crippen LogP contribution is -2.00. The number of rotatable bonds is 3. The zero-order valence-corrected chi connectivity index (χ0v) is 8.44. The van der Waals surface area contributed by atoms with Crippen LogP contribution >= 0.6 is 0 Å². The summed E-state index contributed by atoms with van der Waals surface area (Å²) in [4.78, 5) is 3.94. The van der Waals surface area contributed by atoms with E-state index in [-0.39, 0.29) is 5.92 Å². The monoisotopic (exact) mass is 192 g/mol. The highest BCUT2D eigenvalue weighted by Gasteiger charge is 2.16. The van der Waals surface area contributed by atoms with Crippen LogP contribution in [0, 0.1) is 11.3 Å². The molecule has 0 saturated carbocycles. The number of nitriles is 1. The predicted molar refractivity (Wildman–Crippen MR) is 51.4 cm³/mol. The standard InChI is InChI=1S/C10H12N2O2/c1-7(4-11)10-8(13-2)5-12-6-9(10)14-3/h5-7H,1-3H3. The average molecular weight is 192 g/mol. The molecular weight excluding hydrogens is 180 g/mol. The van der Waals surface area contributed by atoms with Gasteiger partial charge in [0.15, 0.2) is 0 Å². The van der Waals surface area contributed by atoms with Crippen LogP contribution < -0.4 is 9.47 Å². The lowest BCUT2D eigenvalue weighted by molar-refractivity contribution is 0.380. The van der Waals surface area contributed by atoms with Crippen LogP contribution in [0.2, 0.25) is 0 Å². The van der Waals surface area contributed by atoms with Crippen molar-refractivity contribution < 1.29 is 9.47 Å². The third-order valence-electron chi connectivity index (χ3n) is 1.98. The maximum absolute atomic E-state index is 8.85. The molecule has 0 radical (unpaired) electrons. The largest absolute Gasteiger partial charge is 0.495 e. The fourth-order valence-corrected chi connectivity index (χ4v) is 1.25. The van der Waals surface area contributed by atoms with Gasteiger partial charge in [-0.15, -0.1) is 0 Å². The Kier molecular flexibility index (Phi) is 3.29. The van der Waals surface area contributed by atoms with E-state index in [4.69, 9.17) is 14.7 Å². The number of hydrogen-bond donors (Lipinski definition) is 0. The van der Waals surface area contributed by atoms with Crippen molar-refractivity contribution in [3.63, 3.8) is 0 Å². The second kappa shape index (κ2) is 4.47. The first-order valence-corrected chi connectivity index (χ1v) is 4.20. The van der Waals surface area contributed by atoms with Crippen LogP contribution in [0.3, 0.4) is 0 Å². The van der Waals surface area contributed by atoms with Crippen LogP contribution in [0.25, 0.3) is 0 Å². The summed E-state index contributed by atoms with van der Waals surface area (Å²) in [6.45, 7) is 1.79. The van der Waals surface area contributed by atoms with Crippen LogP contribution in [-0.4, -0.2) is 19.2 Å². The Balaban J connectivity index is 3.27. The average Bonchev–Trinajstić information content (AvgIpc) is 2.26. The molecule has 1 aromatic heterocycles. The van der Waals surface area contributed by atoms with Gasteiger partial charge in [0.1, 0.15) is 11.5 Å². The highest BCUT2D eigenvalue weighted by molar-refractivity contribution is 5.46. The van der Waals surface area contributed by atoms with E-state index in [0.29, 0.717) is 11.5 Å². The molecule has 4 nitrogen and oxygen atoms in total. The summed E-state index contributed by atoms with van der Waals surface area (Å²) in [5.41, 5.74) is 0.743. The summed E-state index contributed by atoms with van der Waals surface area (Å²) in [5, 5.41) is 8.85. The quantitative estimate of drug-likeness (QED) is 0.731. The number of aromatic nitrogens is 1. The first-order valence-electron chi connectivity index (χ1n) is 4.20. The topological polar surface area (TPSA) is 55.1 Å². The number of ether oxygens (including phenoxy) is 2. The first-order chi connectivity index (χ1) is 6.74. The van der Waals surface area contributed by atoms with Crippen molar-refractivity contribution in [2.24, 2.45) is 0 Å². The van der Waals surface area contributed by atoms with Gasteiger partial charge in [0.05, 0.1) is 44.2 Å². The van der Waals surface area contributed by atoms with Gasteiger partial charge in [-0.25, -0.2) is 0 Å². The van der Waals surface area contributed by atoms with Crippen LogP contribution in [0.5, 0.6) is 11.5 Å². The smallest absolute Gasteiger partial charge is 0.145 e. The van der Waals surface area contributed by atoms with E-state index in [1.165, 1.54) is 0 Å². The van der Waals surface area contributed by atoms with Crippen molar-refractivity contribution in [1.82, 2.24) is 4.98 Å². The molecule has 14 heavy (non-hydrogen) atoms. The molecule has 1 atom stereocenters. The van der Waals surface area contributed by atoms with Gasteiger partial charge in [0.25, 0.3) is 0 Å². The Morgan fingerprint density at radius 1 is 1.29 bits per heavy atom. The summed E-state index contributed by atoms with van der Waals surface area (Å²) >= 11 is 0. The van der Waals surface area contributed by atoms with Gasteiger partial charge < -0.3 is 9.47 Å². The van der Waals surface area contributed by atoms with E-state index in [9.17, 15) is 0 Å². The minimum absolute atomic E-state index is 0.275. The van der Waals surface area contributed by atoms with Crippen LogP contribution in [0.1, 0.15) is 18.4 Å². The Morgan fingerprint density at radius 2 is 1.79 bits per heavy atom. The summed E-state index contributed by atoms with van der Waals surface area (Å²) in [6.07, 6.45) is 3.15. The molecule has 0 aliphatic carbocycles. The molecule has 0 saturated heterocycles. The molecule has 0 aliphatic heterocycles. The molecular formula is C10H12N2O2. The van der Waals surface area contributed by atoms with Gasteiger partial charge in [-0.3, -0.25) is 4.98 Å². The second-order valence-corrected chi connectivity index (χ2v) is 2.81. The third-order valence-corrected chi connectivity index (χ3v) is 1.98. The minimum atomic E-state index is -0.275. The Labute approximate surface area is 83.1 Å². The van der Waals surface area contributed by atoms with Crippen molar-refractivity contribution >= 4 is 0 Å². The van der Waals surface area contributed by atoms with Gasteiger partial charge in [-0.2, -0.15) is 5.26 Å². The van der Waals surface area contributed by atoms with E-state index >= 15 is 0 Å². The molecule has 0 fully saturated rings. The van der Waals surface area contributed by atoms with E-state index in [1.807, 2.05) is 0 Å². The molecule has 1 unspecified atom stereocenters. The van der Waals surface area contributed by atoms with Gasteiger partial charge in [-0.1, -0.05) is 0 Å². The lowest BCUT2D eigenvalue weighted by Gasteiger charge is -2.13. The van der Waals surface area contributed by atoms with Crippen molar-refractivity contribution in [1.29, 1.82) is 5.26 Å². The van der Waals surface area contributed by atoms with E-state index in [2.05, 4.69) is 11.1 Å². The van der Waals surface area contributed by atoms with Crippen molar-refractivity contribution in [2.45, 2.75) is 12.8 Å². The minimum Gasteiger partial charge on any atom is -0.495 e. The Bertz CT molecular complexity index is 335. The molecule has 4 heteroatoms. The molecule has 0 bridgehead atoms. The van der Waals surface area contributed by atoms with Gasteiger partial charge in [-0.05, 0) is 6.92 Å². The summed E-state index contributed by atoms with van der Waals surface area (Å²) in [6, 6.07) is 2.14. The Hall–Kier alpha value is -1.76. The first kappa shape index (κ1) is 10.3. The van der Waals surface area contributed by atoms with Gasteiger partial charge >= 0.3 is 0 Å². The molecule has 0 amide bonds. The fraction of sp³-hybridized carbons (Fsp3) is 0.400. The highest BCUT2D eigenvalue weighted by atomic mass is 16.5. The van der Waals surface area contributed by atoms with Crippen molar-refractivity contribution in [3.8, 4) is 17.6 Å². The van der Waals surface area contributed by atoms with E-state index < -0.39 is 0 Å². The molecule has 0 spiro atoms. The molecule has 1 aromatic rings. The molecule has 74 valence electrons. The maximum atomic E-state index is 8.85. The highest BCUT2D eigenvalue weighted by Crippen LogP contribution is 2.33. The molecule has 0 aliphatic rings. The van der Waals surface area contributed by atoms with Crippen molar-refractivity contribution in [3.05, 3.63) is 18.0 Å². The SMILES string of the molecule is COc1cncc(OC)c1C(C)C#N. The molecule has 0 aromatic carbocycles. The van der Waals surface area contributed by atoms with Crippen LogP contribution in [0.4, 0.5) is 0 Å². The zero-order valence-electron chi connectivity index (χ0n) is 8.44. The second-order valence-electron chi connectivity index (χ2n) is 2.81. The van der Waals surface area contributed by atoms with E-state index in [1.54, 1.807) is 33.5 Å². The summed E-state index contributed by atoms with van der Waals surface area (Å²) < 4.78 is 10.2. The normalized spacial score (nSPS) is 11.6. The Morgan fingerprint density at radius 3 is 2.14 bits per heavy atom. The zero-order chi connectivity index (χ0) is 10.6. The summed E-state index contributed by atoms with van der Waals surface area (Å²) in [7, 11) is 3.09. The molecule has 0 N–H and O–H groups in total. The van der Waals surface area contributed by atoms with Crippen molar-refractivity contribution in [2.75, 3.05) is 14.2 Å². The van der Waals surface area contributed by atoms with Gasteiger partial charge in [0.2, 0.25) is 0 Å². The maximum Gasteiger partial charge on any atom is 0.145 e. The third kappa shape index (κ3) is 1.77. The molecule has 1 rings (SSSR count). The lowest BCUT2D eigenvalue weighted by atomic mass is 10.0. The van der Waals surface area contributed by atoms with Crippen LogP contribution in [-0.2, 0) is 0 Å². The number of nitrogens with zero attached hydrogens (tertiary/aromatic N) is 2. The van der Waals surface area contributed by atoms with Gasteiger partial charge in [0, 0.05) is 0 Å².